The molecule has 1 aromatic heterocycles. The zero-order chi connectivity index (χ0) is 13.1. The molecule has 0 spiro atoms. The van der Waals surface area contributed by atoms with Crippen LogP contribution in [-0.2, 0) is 6.42 Å². The van der Waals surface area contributed by atoms with E-state index < -0.39 is 11.9 Å². The summed E-state index contributed by atoms with van der Waals surface area (Å²) in [6.45, 7) is 1.89. The molecule has 0 saturated carbocycles. The predicted octanol–water partition coefficient (Wildman–Crippen LogP) is 2.88. The van der Waals surface area contributed by atoms with Gasteiger partial charge in [-0.2, -0.15) is 0 Å². The highest BCUT2D eigenvalue weighted by atomic mass is 32.1. The maximum absolute atomic E-state index is 13.9. The molecule has 0 saturated heterocycles. The van der Waals surface area contributed by atoms with E-state index in [0.717, 1.165) is 10.7 Å². The van der Waals surface area contributed by atoms with Crippen LogP contribution in [0.1, 0.15) is 22.4 Å². The average Bonchev–Trinajstić information content (AvgIpc) is 2.75. The number of aryl methyl sites for hydroxylation is 1. The lowest BCUT2D eigenvalue weighted by molar-refractivity contribution is 0.172. The highest BCUT2D eigenvalue weighted by Crippen LogP contribution is 2.27. The molecule has 1 aromatic carbocycles. The first-order valence-corrected chi connectivity index (χ1v) is 6.41. The minimum Gasteiger partial charge on any atom is -0.494 e. The van der Waals surface area contributed by atoms with E-state index in [1.165, 1.54) is 24.5 Å². The van der Waals surface area contributed by atoms with Gasteiger partial charge in [-0.3, -0.25) is 0 Å². The Balaban J connectivity index is 2.21. The van der Waals surface area contributed by atoms with E-state index in [-0.39, 0.29) is 11.3 Å². The maximum Gasteiger partial charge on any atom is 0.170 e. The summed E-state index contributed by atoms with van der Waals surface area (Å²) in [5, 5.41) is 12.8. The van der Waals surface area contributed by atoms with Gasteiger partial charge < -0.3 is 9.84 Å². The number of methoxy groups -OCH3 is 1. The molecule has 1 unspecified atom stereocenters. The Kier molecular flexibility index (Phi) is 3.93. The van der Waals surface area contributed by atoms with Crippen molar-refractivity contribution in [3.8, 4) is 5.75 Å². The van der Waals surface area contributed by atoms with E-state index in [4.69, 9.17) is 4.74 Å². The highest BCUT2D eigenvalue weighted by Gasteiger charge is 2.17. The SMILES string of the molecule is COc1cccc(C(O)Cc2nc(C)cs2)c1F. The van der Waals surface area contributed by atoms with E-state index in [1.807, 2.05) is 12.3 Å². The summed E-state index contributed by atoms with van der Waals surface area (Å²) < 4.78 is 18.8. The quantitative estimate of drug-likeness (QED) is 0.926. The zero-order valence-corrected chi connectivity index (χ0v) is 11.0. The van der Waals surface area contributed by atoms with E-state index in [0.29, 0.717) is 6.42 Å². The van der Waals surface area contributed by atoms with Crippen LogP contribution in [0.4, 0.5) is 4.39 Å². The van der Waals surface area contributed by atoms with Gasteiger partial charge in [0.1, 0.15) is 0 Å². The van der Waals surface area contributed by atoms with Crippen molar-refractivity contribution >= 4 is 11.3 Å². The predicted molar refractivity (Wildman–Crippen MR) is 68.5 cm³/mol. The fourth-order valence-electron chi connectivity index (χ4n) is 1.71. The number of thiazole rings is 1. The van der Waals surface area contributed by atoms with Gasteiger partial charge in [-0.25, -0.2) is 9.37 Å². The first-order chi connectivity index (χ1) is 8.61. The van der Waals surface area contributed by atoms with Crippen LogP contribution in [-0.4, -0.2) is 17.2 Å². The van der Waals surface area contributed by atoms with Crippen LogP contribution in [0.25, 0.3) is 0 Å². The number of nitrogens with zero attached hydrogens (tertiary/aromatic N) is 1. The van der Waals surface area contributed by atoms with Crippen LogP contribution >= 0.6 is 11.3 Å². The molecule has 3 nitrogen and oxygen atoms in total. The molecule has 0 fully saturated rings. The first-order valence-electron chi connectivity index (χ1n) is 5.53. The number of aromatic nitrogens is 1. The number of hydrogen-bond acceptors (Lipinski definition) is 4. The average molecular weight is 267 g/mol. The molecule has 96 valence electrons. The van der Waals surface area contributed by atoms with Crippen LogP contribution in [0.2, 0.25) is 0 Å². The van der Waals surface area contributed by atoms with Gasteiger partial charge in [0.25, 0.3) is 0 Å². The Hall–Kier alpha value is -1.46. The van der Waals surface area contributed by atoms with Crippen LogP contribution in [0, 0.1) is 12.7 Å². The third kappa shape index (κ3) is 2.68. The summed E-state index contributed by atoms with van der Waals surface area (Å²) >= 11 is 1.46. The van der Waals surface area contributed by atoms with Crippen molar-refractivity contribution in [2.45, 2.75) is 19.4 Å². The number of ether oxygens (including phenoxy) is 1. The van der Waals surface area contributed by atoms with Crippen LogP contribution in [0.5, 0.6) is 5.75 Å². The molecule has 0 aliphatic rings. The lowest BCUT2D eigenvalue weighted by Crippen LogP contribution is -2.05. The van der Waals surface area contributed by atoms with E-state index >= 15 is 0 Å². The van der Waals surface area contributed by atoms with Gasteiger partial charge >= 0.3 is 0 Å². The lowest BCUT2D eigenvalue weighted by Gasteiger charge is -2.12. The van der Waals surface area contributed by atoms with Gasteiger partial charge in [-0.15, -0.1) is 11.3 Å². The van der Waals surface area contributed by atoms with Gasteiger partial charge in [-0.1, -0.05) is 12.1 Å². The Morgan fingerprint density at radius 2 is 2.28 bits per heavy atom. The third-order valence-corrected chi connectivity index (χ3v) is 3.60. The topological polar surface area (TPSA) is 42.4 Å². The van der Waals surface area contributed by atoms with Crippen LogP contribution in [0.15, 0.2) is 23.6 Å². The largest absolute Gasteiger partial charge is 0.494 e. The fourth-order valence-corrected chi connectivity index (χ4v) is 2.52. The molecule has 18 heavy (non-hydrogen) atoms. The van der Waals surface area contributed by atoms with Gasteiger partial charge in [0.05, 0.1) is 18.2 Å². The van der Waals surface area contributed by atoms with E-state index in [9.17, 15) is 9.50 Å². The number of aliphatic hydroxyl groups excluding tert-OH is 1. The van der Waals surface area contributed by atoms with Gasteiger partial charge in [0.2, 0.25) is 0 Å². The molecule has 2 aromatic rings. The Bertz CT molecular complexity index is 542. The number of aliphatic hydroxyl groups is 1. The number of hydrogen-bond donors (Lipinski definition) is 1. The van der Waals surface area contributed by atoms with Crippen molar-refractivity contribution in [3.05, 3.63) is 45.7 Å². The number of benzene rings is 1. The summed E-state index contributed by atoms with van der Waals surface area (Å²) in [4.78, 5) is 4.25. The van der Waals surface area contributed by atoms with E-state index in [1.54, 1.807) is 12.1 Å². The molecule has 0 radical (unpaired) electrons. The van der Waals surface area contributed by atoms with Crippen molar-refractivity contribution in [2.75, 3.05) is 7.11 Å². The standard InChI is InChI=1S/C13H14FNO2S/c1-8-7-18-12(15-8)6-10(16)9-4-3-5-11(17-2)13(9)14/h3-5,7,10,16H,6H2,1-2H3. The van der Waals surface area contributed by atoms with Gasteiger partial charge in [-0.05, 0) is 13.0 Å². The summed E-state index contributed by atoms with van der Waals surface area (Å²) in [7, 11) is 1.40. The minimum absolute atomic E-state index is 0.141. The summed E-state index contributed by atoms with van der Waals surface area (Å²) in [5.74, 6) is -0.373. The van der Waals surface area contributed by atoms with Crippen molar-refractivity contribution in [3.63, 3.8) is 0 Å². The number of halogens is 1. The smallest absolute Gasteiger partial charge is 0.170 e. The van der Waals surface area contributed by atoms with Crippen molar-refractivity contribution in [2.24, 2.45) is 0 Å². The molecule has 0 amide bonds. The Labute approximate surface area is 109 Å². The second kappa shape index (κ2) is 5.46. The Morgan fingerprint density at radius 3 is 2.89 bits per heavy atom. The van der Waals surface area contributed by atoms with Gasteiger partial charge in [0.15, 0.2) is 11.6 Å². The molecule has 0 bridgehead atoms. The van der Waals surface area contributed by atoms with Crippen molar-refractivity contribution in [1.82, 2.24) is 4.98 Å². The normalized spacial score (nSPS) is 12.4. The molecule has 0 aliphatic heterocycles. The molecule has 2 rings (SSSR count). The van der Waals surface area contributed by atoms with Crippen molar-refractivity contribution < 1.29 is 14.2 Å². The highest BCUT2D eigenvalue weighted by molar-refractivity contribution is 7.09. The summed E-state index contributed by atoms with van der Waals surface area (Å²) in [6, 6.07) is 4.75. The fraction of sp³-hybridized carbons (Fsp3) is 0.308. The summed E-state index contributed by atoms with van der Waals surface area (Å²) in [5.41, 5.74) is 1.15. The molecule has 5 heteroatoms. The van der Waals surface area contributed by atoms with Crippen LogP contribution in [0.3, 0.4) is 0 Å². The number of rotatable bonds is 4. The first kappa shape index (κ1) is 13.0. The van der Waals surface area contributed by atoms with Gasteiger partial charge in [0, 0.05) is 23.1 Å². The molecular formula is C13H14FNO2S. The molecular weight excluding hydrogens is 253 g/mol. The molecule has 1 N–H and O–H groups in total. The zero-order valence-electron chi connectivity index (χ0n) is 10.2. The molecule has 0 aliphatic carbocycles. The van der Waals surface area contributed by atoms with Crippen LogP contribution < -0.4 is 4.74 Å². The minimum atomic E-state index is -0.911. The monoisotopic (exact) mass is 267 g/mol. The maximum atomic E-state index is 13.9. The van der Waals surface area contributed by atoms with Crippen molar-refractivity contribution in [1.29, 1.82) is 0 Å². The summed E-state index contributed by atoms with van der Waals surface area (Å²) in [6.07, 6.45) is -0.603. The van der Waals surface area contributed by atoms with E-state index in [2.05, 4.69) is 4.98 Å². The molecule has 1 heterocycles. The second-order valence-electron chi connectivity index (χ2n) is 3.97. The second-order valence-corrected chi connectivity index (χ2v) is 4.91. The third-order valence-electron chi connectivity index (χ3n) is 2.61. The lowest BCUT2D eigenvalue weighted by atomic mass is 10.1. The molecule has 1 atom stereocenters. The Morgan fingerprint density at radius 1 is 1.50 bits per heavy atom.